The van der Waals surface area contributed by atoms with Crippen molar-refractivity contribution in [2.45, 2.75) is 39.2 Å². The summed E-state index contributed by atoms with van der Waals surface area (Å²) in [5, 5.41) is 15.3. The van der Waals surface area contributed by atoms with E-state index in [9.17, 15) is 5.11 Å². The molecule has 1 fully saturated rings. The van der Waals surface area contributed by atoms with E-state index in [4.69, 9.17) is 4.74 Å². The van der Waals surface area contributed by atoms with Crippen molar-refractivity contribution in [3.63, 3.8) is 0 Å². The van der Waals surface area contributed by atoms with Crippen LogP contribution < -0.4 is 4.74 Å². The second kappa shape index (κ2) is 7.25. The number of aromatic hydroxyl groups is 1. The van der Waals surface area contributed by atoms with Gasteiger partial charge in [-0.25, -0.2) is 4.98 Å². The van der Waals surface area contributed by atoms with Crippen molar-refractivity contribution in [3.05, 3.63) is 40.5 Å². The van der Waals surface area contributed by atoms with E-state index in [0.29, 0.717) is 6.61 Å². The molecule has 3 aromatic rings. The maximum Gasteiger partial charge on any atom is 0.230 e. The van der Waals surface area contributed by atoms with Gasteiger partial charge in [0.05, 0.1) is 17.5 Å². The highest BCUT2D eigenvalue weighted by atomic mass is 32.1. The molecule has 1 N–H and O–H groups in total. The van der Waals surface area contributed by atoms with Crippen LogP contribution in [0.2, 0.25) is 0 Å². The van der Waals surface area contributed by atoms with Crippen LogP contribution in [-0.2, 0) is 6.42 Å². The Labute approximate surface area is 157 Å². The minimum Gasteiger partial charge on any atom is -0.494 e. The molecule has 26 heavy (non-hydrogen) atoms. The van der Waals surface area contributed by atoms with E-state index in [1.807, 2.05) is 26.0 Å². The number of rotatable bonds is 6. The normalized spacial score (nSPS) is 16.4. The lowest BCUT2D eigenvalue weighted by Crippen LogP contribution is -2.26. The summed E-state index contributed by atoms with van der Waals surface area (Å²) in [6.45, 7) is 6.72. The first-order chi connectivity index (χ1) is 12.7. The minimum atomic E-state index is 0.0201. The van der Waals surface area contributed by atoms with E-state index in [1.165, 1.54) is 24.2 Å². The largest absolute Gasteiger partial charge is 0.494 e. The highest BCUT2D eigenvalue weighted by Crippen LogP contribution is 2.41. The SMILES string of the molecule is CCOc1ccc(C(c2sc3nc(CC)nn3c2O)N2CCCC2)cc1. The number of hydrogen-bond acceptors (Lipinski definition) is 6. The third-order valence-electron chi connectivity index (χ3n) is 4.82. The molecular formula is C19H24N4O2S. The predicted molar refractivity (Wildman–Crippen MR) is 102 cm³/mol. The lowest BCUT2D eigenvalue weighted by molar-refractivity contribution is 0.276. The summed E-state index contributed by atoms with van der Waals surface area (Å²) < 4.78 is 7.15. The van der Waals surface area contributed by atoms with Crippen molar-refractivity contribution in [1.29, 1.82) is 0 Å². The molecule has 1 aliphatic rings. The molecule has 6 nitrogen and oxygen atoms in total. The standard InChI is InChI=1S/C19H24N4O2S/c1-3-15-20-19-23(21-15)18(24)17(26-19)16(22-11-5-6-12-22)13-7-9-14(10-8-13)25-4-2/h7-10,16,24H,3-6,11-12H2,1-2H3. The van der Waals surface area contributed by atoms with Gasteiger partial charge in [-0.05, 0) is 50.6 Å². The summed E-state index contributed by atoms with van der Waals surface area (Å²) in [5.74, 6) is 1.84. The lowest BCUT2D eigenvalue weighted by atomic mass is 10.0. The molecule has 3 heterocycles. The van der Waals surface area contributed by atoms with E-state index in [-0.39, 0.29) is 11.9 Å². The summed E-state index contributed by atoms with van der Waals surface area (Å²) in [7, 11) is 0. The molecule has 1 atom stereocenters. The average molecular weight is 372 g/mol. The molecule has 0 aliphatic carbocycles. The van der Waals surface area contributed by atoms with Crippen LogP contribution in [0.1, 0.15) is 49.0 Å². The number of nitrogens with zero attached hydrogens (tertiary/aromatic N) is 4. The Bertz CT molecular complexity index is 881. The third-order valence-corrected chi connectivity index (χ3v) is 5.89. The Hall–Kier alpha value is -2.12. The van der Waals surface area contributed by atoms with Crippen molar-refractivity contribution in [1.82, 2.24) is 19.5 Å². The van der Waals surface area contributed by atoms with E-state index in [2.05, 4.69) is 27.1 Å². The van der Waals surface area contributed by atoms with Crippen molar-refractivity contribution < 1.29 is 9.84 Å². The van der Waals surface area contributed by atoms with Gasteiger partial charge in [0.2, 0.25) is 10.8 Å². The number of aromatic nitrogens is 3. The van der Waals surface area contributed by atoms with Gasteiger partial charge < -0.3 is 9.84 Å². The van der Waals surface area contributed by atoms with Gasteiger partial charge in [-0.1, -0.05) is 30.4 Å². The van der Waals surface area contributed by atoms with Gasteiger partial charge in [0, 0.05) is 6.42 Å². The number of ether oxygens (including phenoxy) is 1. The summed E-state index contributed by atoms with van der Waals surface area (Å²) in [6.07, 6.45) is 3.14. The number of likely N-dealkylation sites (tertiary alicyclic amines) is 1. The van der Waals surface area contributed by atoms with Gasteiger partial charge in [-0.2, -0.15) is 4.52 Å². The Morgan fingerprint density at radius 3 is 2.54 bits per heavy atom. The van der Waals surface area contributed by atoms with Gasteiger partial charge >= 0.3 is 0 Å². The lowest BCUT2D eigenvalue weighted by Gasteiger charge is -2.27. The van der Waals surface area contributed by atoms with Crippen LogP contribution in [0, 0.1) is 0 Å². The Morgan fingerprint density at radius 2 is 1.92 bits per heavy atom. The molecule has 0 radical (unpaired) electrons. The van der Waals surface area contributed by atoms with Gasteiger partial charge in [0.15, 0.2) is 5.82 Å². The molecule has 7 heteroatoms. The van der Waals surface area contributed by atoms with Gasteiger partial charge in [0.1, 0.15) is 5.75 Å². The number of thiazole rings is 1. The molecule has 0 amide bonds. The molecule has 1 saturated heterocycles. The summed E-state index contributed by atoms with van der Waals surface area (Å²) >= 11 is 1.53. The molecule has 0 spiro atoms. The first-order valence-electron chi connectivity index (χ1n) is 9.25. The predicted octanol–water partition coefficient (Wildman–Crippen LogP) is 3.64. The Balaban J connectivity index is 1.75. The van der Waals surface area contributed by atoms with E-state index >= 15 is 0 Å². The highest BCUT2D eigenvalue weighted by molar-refractivity contribution is 7.17. The molecule has 0 bridgehead atoms. The molecule has 0 saturated carbocycles. The zero-order chi connectivity index (χ0) is 18.1. The maximum atomic E-state index is 10.8. The van der Waals surface area contributed by atoms with E-state index in [0.717, 1.165) is 46.5 Å². The molecule has 1 aliphatic heterocycles. The molecular weight excluding hydrogens is 348 g/mol. The first kappa shape index (κ1) is 17.3. The van der Waals surface area contributed by atoms with Gasteiger partial charge in [-0.3, -0.25) is 4.90 Å². The van der Waals surface area contributed by atoms with Crippen molar-refractivity contribution in [2.75, 3.05) is 19.7 Å². The van der Waals surface area contributed by atoms with Crippen LogP contribution in [0.3, 0.4) is 0 Å². The van der Waals surface area contributed by atoms with Crippen molar-refractivity contribution in [2.24, 2.45) is 0 Å². The second-order valence-electron chi connectivity index (χ2n) is 6.51. The number of benzene rings is 1. The molecule has 4 rings (SSSR count). The van der Waals surface area contributed by atoms with Gasteiger partial charge in [0.25, 0.3) is 0 Å². The summed E-state index contributed by atoms with van der Waals surface area (Å²) in [6, 6.07) is 8.23. The fourth-order valence-corrected chi connectivity index (χ4v) is 4.70. The summed E-state index contributed by atoms with van der Waals surface area (Å²) in [5.41, 5.74) is 1.16. The molecule has 1 unspecified atom stereocenters. The highest BCUT2D eigenvalue weighted by Gasteiger charge is 2.31. The third kappa shape index (κ3) is 3.05. The van der Waals surface area contributed by atoms with E-state index < -0.39 is 0 Å². The van der Waals surface area contributed by atoms with Crippen LogP contribution >= 0.6 is 11.3 Å². The van der Waals surface area contributed by atoms with Crippen LogP contribution in [0.25, 0.3) is 4.96 Å². The van der Waals surface area contributed by atoms with Crippen LogP contribution in [0.5, 0.6) is 11.6 Å². The monoisotopic (exact) mass is 372 g/mol. The topological polar surface area (TPSA) is 62.9 Å². The fourth-order valence-electron chi connectivity index (χ4n) is 3.56. The smallest absolute Gasteiger partial charge is 0.230 e. The second-order valence-corrected chi connectivity index (χ2v) is 7.52. The van der Waals surface area contributed by atoms with Crippen LogP contribution in [-0.4, -0.2) is 44.3 Å². The first-order valence-corrected chi connectivity index (χ1v) is 10.1. The quantitative estimate of drug-likeness (QED) is 0.716. The number of hydrogen-bond donors (Lipinski definition) is 1. The van der Waals surface area contributed by atoms with Gasteiger partial charge in [-0.15, -0.1) is 5.10 Å². The van der Waals surface area contributed by atoms with Crippen molar-refractivity contribution >= 4 is 16.3 Å². The Kier molecular flexibility index (Phi) is 4.82. The molecule has 2 aromatic heterocycles. The molecule has 138 valence electrons. The van der Waals surface area contributed by atoms with Crippen molar-refractivity contribution in [3.8, 4) is 11.6 Å². The summed E-state index contributed by atoms with van der Waals surface area (Å²) in [4.78, 5) is 8.62. The number of aryl methyl sites for hydroxylation is 1. The van der Waals surface area contributed by atoms with Crippen LogP contribution in [0.4, 0.5) is 0 Å². The fraction of sp³-hybridized carbons (Fsp3) is 0.474. The molecule has 1 aromatic carbocycles. The average Bonchev–Trinajstić information content (AvgIpc) is 3.37. The Morgan fingerprint density at radius 1 is 1.19 bits per heavy atom. The van der Waals surface area contributed by atoms with E-state index in [1.54, 1.807) is 4.52 Å². The number of fused-ring (bicyclic) bond motifs is 1. The zero-order valence-corrected chi connectivity index (χ0v) is 16.0. The zero-order valence-electron chi connectivity index (χ0n) is 15.2. The van der Waals surface area contributed by atoms with Crippen LogP contribution in [0.15, 0.2) is 24.3 Å². The maximum absolute atomic E-state index is 10.8. The minimum absolute atomic E-state index is 0.0201.